The molecule has 0 bridgehead atoms. The third-order valence-electron chi connectivity index (χ3n) is 6.10. The van der Waals surface area contributed by atoms with Crippen LogP contribution in [0.25, 0.3) is 10.6 Å². The molecule has 0 N–H and O–H groups in total. The zero-order valence-electron chi connectivity index (χ0n) is 18.4. The predicted octanol–water partition coefficient (Wildman–Crippen LogP) is 5.00. The summed E-state index contributed by atoms with van der Waals surface area (Å²) >= 11 is 1.50. The van der Waals surface area contributed by atoms with Crippen molar-refractivity contribution in [2.45, 2.75) is 65.0 Å². The lowest BCUT2D eigenvalue weighted by Gasteiger charge is -2.40. The summed E-state index contributed by atoms with van der Waals surface area (Å²) in [6.07, 6.45) is 6.32. The second-order valence-electron chi connectivity index (χ2n) is 8.75. The molecule has 1 aromatic carbocycles. The van der Waals surface area contributed by atoms with Gasteiger partial charge in [-0.05, 0) is 71.7 Å². The number of nitrogens with zero attached hydrogens (tertiary/aromatic N) is 3. The van der Waals surface area contributed by atoms with Crippen molar-refractivity contribution in [3.05, 3.63) is 34.8 Å². The van der Waals surface area contributed by atoms with Crippen molar-refractivity contribution >= 4 is 17.2 Å². The summed E-state index contributed by atoms with van der Waals surface area (Å²) in [6.45, 7) is 10.2. The standard InChI is InChI=1S/C24H33N3O2S/c1-17(2)29-21-9-7-8-19(16-21)23-25-18(3)22(30-23)24(28)27-14-10-20(11-15-27)26-12-5-4-6-13-26/h7-9,16-17,20H,4-6,10-15H2,1-3H3. The Morgan fingerprint density at radius 3 is 2.57 bits per heavy atom. The predicted molar refractivity (Wildman–Crippen MR) is 122 cm³/mol. The SMILES string of the molecule is Cc1nc(-c2cccc(OC(C)C)c2)sc1C(=O)N1CCC(N2CCCCC2)CC1. The first-order valence-corrected chi connectivity index (χ1v) is 12.1. The summed E-state index contributed by atoms with van der Waals surface area (Å²) in [5.74, 6) is 0.978. The van der Waals surface area contributed by atoms with Gasteiger partial charge in [0, 0.05) is 24.7 Å². The summed E-state index contributed by atoms with van der Waals surface area (Å²) in [4.78, 5) is 23.4. The van der Waals surface area contributed by atoms with Crippen molar-refractivity contribution in [2.75, 3.05) is 26.2 Å². The van der Waals surface area contributed by atoms with E-state index in [0.29, 0.717) is 6.04 Å². The van der Waals surface area contributed by atoms with Crippen molar-refractivity contribution in [1.82, 2.24) is 14.8 Å². The number of hydrogen-bond donors (Lipinski definition) is 0. The van der Waals surface area contributed by atoms with E-state index in [1.165, 1.54) is 43.7 Å². The molecule has 2 fully saturated rings. The Bertz CT molecular complexity index is 865. The largest absolute Gasteiger partial charge is 0.491 e. The molecule has 0 unspecified atom stereocenters. The maximum Gasteiger partial charge on any atom is 0.265 e. The summed E-state index contributed by atoms with van der Waals surface area (Å²) in [5, 5.41) is 0.883. The van der Waals surface area contributed by atoms with E-state index in [2.05, 4.69) is 4.90 Å². The van der Waals surface area contributed by atoms with Crippen LogP contribution in [0.2, 0.25) is 0 Å². The van der Waals surface area contributed by atoms with E-state index in [1.54, 1.807) is 0 Å². The van der Waals surface area contributed by atoms with Gasteiger partial charge in [0.1, 0.15) is 15.6 Å². The number of piperidine rings is 2. The first-order valence-electron chi connectivity index (χ1n) is 11.3. The van der Waals surface area contributed by atoms with Gasteiger partial charge >= 0.3 is 0 Å². The number of carbonyl (C=O) groups is 1. The van der Waals surface area contributed by atoms with E-state index in [9.17, 15) is 4.79 Å². The van der Waals surface area contributed by atoms with Gasteiger partial charge < -0.3 is 14.5 Å². The molecule has 2 aliphatic rings. The summed E-state index contributed by atoms with van der Waals surface area (Å²) < 4.78 is 5.81. The topological polar surface area (TPSA) is 45.7 Å². The van der Waals surface area contributed by atoms with Crippen LogP contribution in [0.15, 0.2) is 24.3 Å². The third kappa shape index (κ3) is 4.86. The molecule has 2 saturated heterocycles. The maximum atomic E-state index is 13.2. The zero-order chi connectivity index (χ0) is 21.1. The summed E-state index contributed by atoms with van der Waals surface area (Å²) in [6, 6.07) is 8.63. The average molecular weight is 428 g/mol. The van der Waals surface area contributed by atoms with Crippen molar-refractivity contribution in [3.63, 3.8) is 0 Å². The van der Waals surface area contributed by atoms with Gasteiger partial charge in [0.05, 0.1) is 11.8 Å². The van der Waals surface area contributed by atoms with Gasteiger partial charge in [0.25, 0.3) is 5.91 Å². The molecule has 30 heavy (non-hydrogen) atoms. The van der Waals surface area contributed by atoms with Gasteiger partial charge in [-0.2, -0.15) is 0 Å². The molecule has 0 atom stereocenters. The second-order valence-corrected chi connectivity index (χ2v) is 9.75. The zero-order valence-corrected chi connectivity index (χ0v) is 19.2. The Morgan fingerprint density at radius 2 is 1.87 bits per heavy atom. The minimum absolute atomic E-state index is 0.128. The number of hydrogen-bond acceptors (Lipinski definition) is 5. The van der Waals surface area contributed by atoms with Gasteiger partial charge in [-0.1, -0.05) is 18.6 Å². The number of rotatable bonds is 5. The van der Waals surface area contributed by atoms with Crippen LogP contribution in [0.1, 0.15) is 61.3 Å². The maximum absolute atomic E-state index is 13.2. The molecule has 0 saturated carbocycles. The smallest absolute Gasteiger partial charge is 0.265 e. The Balaban J connectivity index is 1.42. The van der Waals surface area contributed by atoms with Crippen molar-refractivity contribution in [2.24, 2.45) is 0 Å². The van der Waals surface area contributed by atoms with Crippen LogP contribution in [0.5, 0.6) is 5.75 Å². The highest BCUT2D eigenvalue weighted by Crippen LogP contribution is 2.32. The molecule has 2 aliphatic heterocycles. The van der Waals surface area contributed by atoms with E-state index in [4.69, 9.17) is 9.72 Å². The molecule has 4 rings (SSSR count). The number of aryl methyl sites for hydroxylation is 1. The van der Waals surface area contributed by atoms with Crippen LogP contribution in [-0.2, 0) is 0 Å². The van der Waals surface area contributed by atoms with Crippen molar-refractivity contribution in [1.29, 1.82) is 0 Å². The van der Waals surface area contributed by atoms with Gasteiger partial charge in [0.2, 0.25) is 0 Å². The molecular weight excluding hydrogens is 394 g/mol. The van der Waals surface area contributed by atoms with Crippen LogP contribution in [-0.4, -0.2) is 59.0 Å². The third-order valence-corrected chi connectivity index (χ3v) is 7.30. The quantitative estimate of drug-likeness (QED) is 0.674. The lowest BCUT2D eigenvalue weighted by Crippen LogP contribution is -2.48. The van der Waals surface area contributed by atoms with E-state index in [0.717, 1.165) is 52.8 Å². The van der Waals surface area contributed by atoms with E-state index in [-0.39, 0.29) is 12.0 Å². The van der Waals surface area contributed by atoms with Crippen molar-refractivity contribution < 1.29 is 9.53 Å². The minimum Gasteiger partial charge on any atom is -0.491 e. The highest BCUT2D eigenvalue weighted by atomic mass is 32.1. The first-order chi connectivity index (χ1) is 14.5. The van der Waals surface area contributed by atoms with Gasteiger partial charge in [-0.3, -0.25) is 4.79 Å². The minimum atomic E-state index is 0.128. The number of thiazole rings is 1. The highest BCUT2D eigenvalue weighted by molar-refractivity contribution is 7.17. The normalized spacial score (nSPS) is 18.7. The number of likely N-dealkylation sites (tertiary alicyclic amines) is 2. The fourth-order valence-electron chi connectivity index (χ4n) is 4.55. The van der Waals surface area contributed by atoms with Crippen LogP contribution in [0.3, 0.4) is 0 Å². The Hall–Kier alpha value is -1.92. The lowest BCUT2D eigenvalue weighted by molar-refractivity contribution is 0.0593. The molecule has 6 heteroatoms. The summed E-state index contributed by atoms with van der Waals surface area (Å²) in [5.41, 5.74) is 1.83. The van der Waals surface area contributed by atoms with Crippen LogP contribution in [0.4, 0.5) is 0 Å². The number of amides is 1. The van der Waals surface area contributed by atoms with Crippen molar-refractivity contribution in [3.8, 4) is 16.3 Å². The molecule has 2 aromatic rings. The van der Waals surface area contributed by atoms with Gasteiger partial charge in [0.15, 0.2) is 0 Å². The number of aromatic nitrogens is 1. The summed E-state index contributed by atoms with van der Waals surface area (Å²) in [7, 11) is 0. The number of carbonyl (C=O) groups excluding carboxylic acids is 1. The highest BCUT2D eigenvalue weighted by Gasteiger charge is 2.29. The van der Waals surface area contributed by atoms with Crippen LogP contribution >= 0.6 is 11.3 Å². The van der Waals surface area contributed by atoms with Crippen LogP contribution < -0.4 is 4.74 Å². The monoisotopic (exact) mass is 427 g/mol. The molecule has 0 aliphatic carbocycles. The molecule has 0 spiro atoms. The fraction of sp³-hybridized carbons (Fsp3) is 0.583. The molecule has 1 aromatic heterocycles. The molecule has 0 radical (unpaired) electrons. The number of benzene rings is 1. The molecule has 162 valence electrons. The first kappa shape index (κ1) is 21.3. The molecular formula is C24H33N3O2S. The molecule has 5 nitrogen and oxygen atoms in total. The van der Waals surface area contributed by atoms with Gasteiger partial charge in [-0.15, -0.1) is 11.3 Å². The fourth-order valence-corrected chi connectivity index (χ4v) is 5.58. The van der Waals surface area contributed by atoms with E-state index in [1.807, 2.05) is 49.9 Å². The Kier molecular flexibility index (Phi) is 6.74. The Labute approximate surface area is 184 Å². The van der Waals surface area contributed by atoms with E-state index >= 15 is 0 Å². The van der Waals surface area contributed by atoms with Crippen LogP contribution in [0, 0.1) is 6.92 Å². The second kappa shape index (κ2) is 9.48. The van der Waals surface area contributed by atoms with E-state index < -0.39 is 0 Å². The molecule has 1 amide bonds. The van der Waals surface area contributed by atoms with Gasteiger partial charge in [-0.25, -0.2) is 4.98 Å². The average Bonchev–Trinajstić information content (AvgIpc) is 3.15. The Morgan fingerprint density at radius 1 is 1.13 bits per heavy atom. The molecule has 3 heterocycles. The number of ether oxygens (including phenoxy) is 1. The lowest BCUT2D eigenvalue weighted by atomic mass is 10.00.